The second kappa shape index (κ2) is 6.08. The van der Waals surface area contributed by atoms with Crippen LogP contribution in [0.5, 0.6) is 5.75 Å². The van der Waals surface area contributed by atoms with Crippen LogP contribution in [-0.4, -0.2) is 21.4 Å². The Balaban J connectivity index is 1.85. The Morgan fingerprint density at radius 1 is 1.29 bits per heavy atom. The van der Waals surface area contributed by atoms with Crippen molar-refractivity contribution in [1.29, 1.82) is 0 Å². The van der Waals surface area contributed by atoms with Gasteiger partial charge in [0.2, 0.25) is 0 Å². The van der Waals surface area contributed by atoms with Gasteiger partial charge in [-0.3, -0.25) is 9.36 Å². The van der Waals surface area contributed by atoms with Crippen molar-refractivity contribution in [2.75, 3.05) is 6.61 Å². The van der Waals surface area contributed by atoms with E-state index in [1.165, 1.54) is 19.0 Å². The first-order valence-corrected chi connectivity index (χ1v) is 7.49. The Hall–Kier alpha value is -2.17. The Labute approximate surface area is 123 Å². The zero-order valence-electron chi connectivity index (χ0n) is 12.2. The van der Waals surface area contributed by atoms with Crippen LogP contribution in [0.15, 0.2) is 29.2 Å². The van der Waals surface area contributed by atoms with Crippen LogP contribution >= 0.6 is 0 Å². The van der Waals surface area contributed by atoms with Gasteiger partial charge in [-0.05, 0) is 36.6 Å². The fraction of sp³-hybridized carbons (Fsp3) is 0.438. The number of aryl methyl sites for hydroxylation is 2. The van der Waals surface area contributed by atoms with E-state index in [2.05, 4.69) is 17.1 Å². The summed E-state index contributed by atoms with van der Waals surface area (Å²) in [5.41, 5.74) is 1.90. The van der Waals surface area contributed by atoms with Crippen molar-refractivity contribution in [2.24, 2.45) is 0 Å². The van der Waals surface area contributed by atoms with Crippen molar-refractivity contribution >= 4 is 0 Å². The molecule has 0 spiro atoms. The van der Waals surface area contributed by atoms with Crippen molar-refractivity contribution in [3.63, 3.8) is 0 Å². The molecule has 5 nitrogen and oxygen atoms in total. The summed E-state index contributed by atoms with van der Waals surface area (Å²) in [7, 11) is 0. The third-order valence-electron chi connectivity index (χ3n) is 3.75. The molecule has 0 unspecified atom stereocenters. The van der Waals surface area contributed by atoms with Gasteiger partial charge in [0.25, 0.3) is 5.56 Å². The second-order valence-corrected chi connectivity index (χ2v) is 5.28. The third kappa shape index (κ3) is 2.82. The summed E-state index contributed by atoms with van der Waals surface area (Å²) in [5, 5.41) is 7.79. The van der Waals surface area contributed by atoms with Crippen LogP contribution in [0, 0.1) is 0 Å². The van der Waals surface area contributed by atoms with Crippen LogP contribution in [0.3, 0.4) is 0 Å². The SMILES string of the molecule is CCCCCOc1ccc2c(c1)CCc1nncc(=O)n1-2. The Morgan fingerprint density at radius 2 is 2.19 bits per heavy atom. The number of benzene rings is 1. The van der Waals surface area contributed by atoms with Gasteiger partial charge in [-0.1, -0.05) is 19.8 Å². The molecule has 0 aliphatic carbocycles. The van der Waals surface area contributed by atoms with Crippen LogP contribution in [-0.2, 0) is 12.8 Å². The third-order valence-corrected chi connectivity index (χ3v) is 3.75. The summed E-state index contributed by atoms with van der Waals surface area (Å²) in [6.45, 7) is 2.92. The Kier molecular flexibility index (Phi) is 3.99. The minimum Gasteiger partial charge on any atom is -0.494 e. The molecular weight excluding hydrogens is 266 g/mol. The van der Waals surface area contributed by atoms with Gasteiger partial charge in [0, 0.05) is 6.42 Å². The average molecular weight is 285 g/mol. The van der Waals surface area contributed by atoms with Gasteiger partial charge in [-0.2, -0.15) is 5.10 Å². The van der Waals surface area contributed by atoms with Crippen LogP contribution < -0.4 is 10.3 Å². The number of nitrogens with zero attached hydrogens (tertiary/aromatic N) is 3. The number of aromatic nitrogens is 3. The molecule has 2 aromatic rings. The normalized spacial score (nSPS) is 12.6. The summed E-state index contributed by atoms with van der Waals surface area (Å²) in [4.78, 5) is 12.0. The van der Waals surface area contributed by atoms with Crippen LogP contribution in [0.4, 0.5) is 0 Å². The molecule has 1 aliphatic heterocycles. The van der Waals surface area contributed by atoms with E-state index < -0.39 is 0 Å². The lowest BCUT2D eigenvalue weighted by Crippen LogP contribution is -2.28. The maximum atomic E-state index is 12.0. The molecule has 1 aliphatic rings. The molecule has 1 aromatic heterocycles. The molecule has 0 amide bonds. The van der Waals surface area contributed by atoms with Gasteiger partial charge in [0.05, 0.1) is 12.3 Å². The first-order valence-electron chi connectivity index (χ1n) is 7.49. The standard InChI is InChI=1S/C16H19N3O2/c1-2-3-4-9-21-13-6-7-14-12(10-13)5-8-15-18-17-11-16(20)19(14)15/h6-7,10-11H,2-5,8-9H2,1H3. The quantitative estimate of drug-likeness (QED) is 0.791. The fourth-order valence-corrected chi connectivity index (χ4v) is 2.65. The van der Waals surface area contributed by atoms with Gasteiger partial charge in [0.15, 0.2) is 0 Å². The lowest BCUT2D eigenvalue weighted by atomic mass is 10.0. The summed E-state index contributed by atoms with van der Waals surface area (Å²) < 4.78 is 7.42. The smallest absolute Gasteiger partial charge is 0.276 e. The zero-order chi connectivity index (χ0) is 14.7. The summed E-state index contributed by atoms with van der Waals surface area (Å²) in [5.74, 6) is 1.61. The molecule has 21 heavy (non-hydrogen) atoms. The maximum Gasteiger partial charge on any atom is 0.276 e. The van der Waals surface area contributed by atoms with Crippen LogP contribution in [0.2, 0.25) is 0 Å². The molecule has 5 heteroatoms. The van der Waals surface area contributed by atoms with Gasteiger partial charge in [0.1, 0.15) is 17.8 Å². The molecule has 0 saturated carbocycles. The molecule has 0 saturated heterocycles. The summed E-state index contributed by atoms with van der Waals surface area (Å²) in [6, 6.07) is 5.90. The van der Waals surface area contributed by atoms with Gasteiger partial charge < -0.3 is 4.74 Å². The van der Waals surface area contributed by atoms with Gasteiger partial charge >= 0.3 is 0 Å². The number of fused-ring (bicyclic) bond motifs is 3. The molecule has 3 rings (SSSR count). The maximum absolute atomic E-state index is 12.0. The fourth-order valence-electron chi connectivity index (χ4n) is 2.65. The molecular formula is C16H19N3O2. The van der Waals surface area contributed by atoms with Crippen molar-refractivity contribution in [2.45, 2.75) is 39.0 Å². The zero-order valence-corrected chi connectivity index (χ0v) is 12.2. The minimum atomic E-state index is -0.127. The predicted octanol–water partition coefficient (Wildman–Crippen LogP) is 2.30. The van der Waals surface area contributed by atoms with Crippen LogP contribution in [0.25, 0.3) is 5.69 Å². The monoisotopic (exact) mass is 285 g/mol. The second-order valence-electron chi connectivity index (χ2n) is 5.28. The lowest BCUT2D eigenvalue weighted by molar-refractivity contribution is 0.306. The number of unbranched alkanes of at least 4 members (excludes halogenated alkanes) is 2. The van der Waals surface area contributed by atoms with Crippen molar-refractivity contribution < 1.29 is 4.74 Å². The van der Waals surface area contributed by atoms with E-state index in [-0.39, 0.29) is 5.56 Å². The van der Waals surface area contributed by atoms with Crippen molar-refractivity contribution in [3.05, 3.63) is 46.1 Å². The van der Waals surface area contributed by atoms with E-state index in [1.54, 1.807) is 4.57 Å². The largest absolute Gasteiger partial charge is 0.494 e. The highest BCUT2D eigenvalue weighted by Crippen LogP contribution is 2.26. The highest BCUT2D eigenvalue weighted by Gasteiger charge is 2.18. The highest BCUT2D eigenvalue weighted by molar-refractivity contribution is 5.48. The minimum absolute atomic E-state index is 0.127. The van der Waals surface area contributed by atoms with Crippen LogP contribution in [0.1, 0.15) is 37.6 Å². The van der Waals surface area contributed by atoms with E-state index in [0.717, 1.165) is 48.7 Å². The van der Waals surface area contributed by atoms with Gasteiger partial charge in [-0.15, -0.1) is 5.10 Å². The van der Waals surface area contributed by atoms with Gasteiger partial charge in [-0.25, -0.2) is 0 Å². The van der Waals surface area contributed by atoms with E-state index in [1.807, 2.05) is 18.2 Å². The summed E-state index contributed by atoms with van der Waals surface area (Å²) >= 11 is 0. The van der Waals surface area contributed by atoms with Crippen molar-refractivity contribution in [3.8, 4) is 11.4 Å². The average Bonchev–Trinajstić information content (AvgIpc) is 2.51. The van der Waals surface area contributed by atoms with E-state index >= 15 is 0 Å². The molecule has 0 radical (unpaired) electrons. The Bertz CT molecular complexity index is 694. The Morgan fingerprint density at radius 3 is 3.05 bits per heavy atom. The topological polar surface area (TPSA) is 57.0 Å². The molecule has 0 fully saturated rings. The summed E-state index contributed by atoms with van der Waals surface area (Å²) in [6.07, 6.45) is 6.30. The van der Waals surface area contributed by atoms with Crippen molar-refractivity contribution in [1.82, 2.24) is 14.8 Å². The first kappa shape index (κ1) is 13.8. The molecule has 110 valence electrons. The van der Waals surface area contributed by atoms with E-state index in [9.17, 15) is 4.79 Å². The van der Waals surface area contributed by atoms with E-state index in [0.29, 0.717) is 0 Å². The number of rotatable bonds is 5. The highest BCUT2D eigenvalue weighted by atomic mass is 16.5. The first-order chi connectivity index (χ1) is 10.3. The predicted molar refractivity (Wildman–Crippen MR) is 80.1 cm³/mol. The number of hydrogen-bond donors (Lipinski definition) is 0. The molecule has 2 heterocycles. The van der Waals surface area contributed by atoms with E-state index in [4.69, 9.17) is 4.74 Å². The molecule has 1 aromatic carbocycles. The number of ether oxygens (including phenoxy) is 1. The number of hydrogen-bond acceptors (Lipinski definition) is 4. The lowest BCUT2D eigenvalue weighted by Gasteiger charge is -2.20. The molecule has 0 N–H and O–H groups in total. The molecule has 0 bridgehead atoms. The molecule has 0 atom stereocenters.